The molecule has 3 N–H and O–H groups in total. The zero-order valence-electron chi connectivity index (χ0n) is 7.91. The number of rotatable bonds is 3. The molecule has 0 saturated carbocycles. The number of carbonyl (C=O) groups is 1. The molecule has 0 fully saturated rings. The summed E-state index contributed by atoms with van der Waals surface area (Å²) in [6, 6.07) is 1.75. The number of amides is 1. The first-order chi connectivity index (χ1) is 6.59. The highest BCUT2D eigenvalue weighted by Gasteiger charge is 1.95. The van der Waals surface area contributed by atoms with Crippen LogP contribution in [-0.4, -0.2) is 10.9 Å². The monoisotopic (exact) mass is 192 g/mol. The van der Waals surface area contributed by atoms with Crippen LogP contribution in [0, 0.1) is 6.92 Å². The third-order valence-corrected chi connectivity index (χ3v) is 1.69. The summed E-state index contributed by atoms with van der Waals surface area (Å²) in [6.45, 7) is 1.88. The fraction of sp³-hybridized carbons (Fsp3) is 0.200. The van der Waals surface area contributed by atoms with Crippen LogP contribution < -0.4 is 11.3 Å². The van der Waals surface area contributed by atoms with Crippen molar-refractivity contribution in [3.8, 4) is 0 Å². The van der Waals surface area contributed by atoms with Crippen molar-refractivity contribution < 1.29 is 4.79 Å². The van der Waals surface area contributed by atoms with Crippen LogP contribution in [0.25, 0.3) is 6.08 Å². The number of H-pyrrole nitrogens is 1. The van der Waals surface area contributed by atoms with Gasteiger partial charge in [0.05, 0.1) is 0 Å². The van der Waals surface area contributed by atoms with Gasteiger partial charge in [-0.15, -0.1) is 0 Å². The number of carbonyl (C=O) groups excluding carboxylic acids is 1. The van der Waals surface area contributed by atoms with Gasteiger partial charge in [-0.25, -0.2) is 0 Å². The number of pyridine rings is 1. The summed E-state index contributed by atoms with van der Waals surface area (Å²) in [7, 11) is 0. The van der Waals surface area contributed by atoms with Crippen LogP contribution in [0.15, 0.2) is 23.1 Å². The maximum Gasteiger partial charge on any atom is 0.255 e. The molecule has 14 heavy (non-hydrogen) atoms. The van der Waals surface area contributed by atoms with Crippen LogP contribution in [0.5, 0.6) is 0 Å². The molecule has 0 atom stereocenters. The van der Waals surface area contributed by atoms with Gasteiger partial charge < -0.3 is 10.7 Å². The summed E-state index contributed by atoms with van der Waals surface area (Å²) >= 11 is 0. The lowest BCUT2D eigenvalue weighted by Gasteiger charge is -1.94. The van der Waals surface area contributed by atoms with Crippen molar-refractivity contribution in [1.82, 2.24) is 4.98 Å². The molecular weight excluding hydrogens is 180 g/mol. The Morgan fingerprint density at radius 3 is 3.00 bits per heavy atom. The first-order valence-electron chi connectivity index (χ1n) is 4.24. The normalized spacial score (nSPS) is 10.6. The summed E-state index contributed by atoms with van der Waals surface area (Å²) < 4.78 is 0. The Kier molecular flexibility index (Phi) is 3.23. The highest BCUT2D eigenvalue weighted by molar-refractivity contribution is 5.76. The van der Waals surface area contributed by atoms with Crippen LogP contribution >= 0.6 is 0 Å². The van der Waals surface area contributed by atoms with E-state index in [9.17, 15) is 9.59 Å². The molecule has 1 aromatic rings. The molecule has 0 bridgehead atoms. The van der Waals surface area contributed by atoms with E-state index >= 15 is 0 Å². The van der Waals surface area contributed by atoms with Crippen molar-refractivity contribution in [3.05, 3.63) is 39.8 Å². The van der Waals surface area contributed by atoms with Crippen molar-refractivity contribution in [2.45, 2.75) is 13.3 Å². The van der Waals surface area contributed by atoms with Gasteiger partial charge in [0, 0.05) is 18.2 Å². The first-order valence-corrected chi connectivity index (χ1v) is 4.24. The lowest BCUT2D eigenvalue weighted by Crippen LogP contribution is -2.10. The zero-order chi connectivity index (χ0) is 10.6. The van der Waals surface area contributed by atoms with Crippen LogP contribution in [0.3, 0.4) is 0 Å². The fourth-order valence-electron chi connectivity index (χ4n) is 1.04. The molecule has 0 radical (unpaired) electrons. The smallest absolute Gasteiger partial charge is 0.255 e. The average Bonchev–Trinajstić information content (AvgIpc) is 2.10. The van der Waals surface area contributed by atoms with E-state index in [0.29, 0.717) is 5.56 Å². The van der Waals surface area contributed by atoms with Crippen molar-refractivity contribution in [2.24, 2.45) is 5.73 Å². The van der Waals surface area contributed by atoms with Gasteiger partial charge in [0.15, 0.2) is 0 Å². The van der Waals surface area contributed by atoms with Crippen LogP contribution in [-0.2, 0) is 4.79 Å². The second-order valence-electron chi connectivity index (χ2n) is 3.03. The van der Waals surface area contributed by atoms with E-state index in [0.717, 1.165) is 5.56 Å². The van der Waals surface area contributed by atoms with E-state index in [-0.39, 0.29) is 12.0 Å². The molecule has 0 spiro atoms. The van der Waals surface area contributed by atoms with E-state index in [2.05, 4.69) is 4.98 Å². The van der Waals surface area contributed by atoms with Crippen molar-refractivity contribution in [3.63, 3.8) is 0 Å². The Balaban J connectivity index is 2.86. The maximum atomic E-state index is 11.2. The van der Waals surface area contributed by atoms with Gasteiger partial charge in [-0.1, -0.05) is 12.2 Å². The van der Waals surface area contributed by atoms with Gasteiger partial charge in [-0.2, -0.15) is 0 Å². The number of aromatic nitrogens is 1. The minimum atomic E-state index is -0.412. The maximum absolute atomic E-state index is 11.2. The standard InChI is InChI=1S/C10H12N2O2/c1-7-5-8(10(14)12-6-7)3-2-4-9(11)13/h2-3,5-6H,4H2,1H3,(H2,11,13)(H,12,14). The summed E-state index contributed by atoms with van der Waals surface area (Å²) in [5.74, 6) is -0.412. The van der Waals surface area contributed by atoms with Gasteiger partial charge in [-0.3, -0.25) is 9.59 Å². The Morgan fingerprint density at radius 1 is 1.64 bits per heavy atom. The van der Waals surface area contributed by atoms with E-state index in [4.69, 9.17) is 5.73 Å². The molecule has 0 aromatic carbocycles. The third-order valence-electron chi connectivity index (χ3n) is 1.69. The predicted molar refractivity (Wildman–Crippen MR) is 54.6 cm³/mol. The van der Waals surface area contributed by atoms with Crippen LogP contribution in [0.1, 0.15) is 17.5 Å². The predicted octanol–water partition coefficient (Wildman–Crippen LogP) is 0.572. The number of hydrogen-bond donors (Lipinski definition) is 2. The number of nitrogens with one attached hydrogen (secondary N) is 1. The average molecular weight is 192 g/mol. The van der Waals surface area contributed by atoms with Gasteiger partial charge in [0.2, 0.25) is 5.91 Å². The van der Waals surface area contributed by atoms with Crippen LogP contribution in [0.2, 0.25) is 0 Å². The molecular formula is C10H12N2O2. The molecule has 0 aliphatic rings. The molecule has 0 aliphatic heterocycles. The highest BCUT2D eigenvalue weighted by Crippen LogP contribution is 1.99. The zero-order valence-corrected chi connectivity index (χ0v) is 7.91. The van der Waals surface area contributed by atoms with Gasteiger partial charge in [0.1, 0.15) is 0 Å². The molecule has 1 heterocycles. The van der Waals surface area contributed by atoms with Crippen molar-refractivity contribution in [1.29, 1.82) is 0 Å². The number of aryl methyl sites for hydroxylation is 1. The molecule has 0 unspecified atom stereocenters. The Bertz CT molecular complexity index is 418. The highest BCUT2D eigenvalue weighted by atomic mass is 16.1. The van der Waals surface area contributed by atoms with Crippen LogP contribution in [0.4, 0.5) is 0 Å². The third kappa shape index (κ3) is 2.90. The van der Waals surface area contributed by atoms with Crippen molar-refractivity contribution >= 4 is 12.0 Å². The SMILES string of the molecule is Cc1c[nH]c(=O)c(C=CCC(N)=O)c1. The van der Waals surface area contributed by atoms with E-state index in [1.807, 2.05) is 6.92 Å². The number of nitrogens with two attached hydrogens (primary N) is 1. The lowest BCUT2D eigenvalue weighted by atomic mass is 10.2. The first kappa shape index (κ1) is 10.2. The molecule has 1 rings (SSSR count). The minimum absolute atomic E-state index is 0.146. The Hall–Kier alpha value is -1.84. The molecule has 1 amide bonds. The summed E-state index contributed by atoms with van der Waals surface area (Å²) in [5.41, 5.74) is 6.27. The number of aromatic amines is 1. The molecule has 1 aromatic heterocycles. The second kappa shape index (κ2) is 4.41. The number of primary amides is 1. The quantitative estimate of drug-likeness (QED) is 0.734. The molecule has 4 nitrogen and oxygen atoms in total. The Labute approximate surface area is 81.4 Å². The Morgan fingerprint density at radius 2 is 2.36 bits per heavy atom. The minimum Gasteiger partial charge on any atom is -0.369 e. The second-order valence-corrected chi connectivity index (χ2v) is 3.03. The molecule has 0 saturated heterocycles. The molecule has 4 heteroatoms. The number of hydrogen-bond acceptors (Lipinski definition) is 2. The van der Waals surface area contributed by atoms with E-state index in [1.165, 1.54) is 0 Å². The van der Waals surface area contributed by atoms with Gasteiger partial charge in [-0.05, 0) is 18.6 Å². The van der Waals surface area contributed by atoms with E-state index < -0.39 is 5.91 Å². The van der Waals surface area contributed by atoms with Crippen molar-refractivity contribution in [2.75, 3.05) is 0 Å². The molecule has 0 aliphatic carbocycles. The summed E-state index contributed by atoms with van der Waals surface area (Å²) in [5, 5.41) is 0. The summed E-state index contributed by atoms with van der Waals surface area (Å²) in [6.07, 6.45) is 4.95. The van der Waals surface area contributed by atoms with Gasteiger partial charge in [0.25, 0.3) is 5.56 Å². The van der Waals surface area contributed by atoms with Gasteiger partial charge >= 0.3 is 0 Å². The van der Waals surface area contributed by atoms with E-state index in [1.54, 1.807) is 24.4 Å². The lowest BCUT2D eigenvalue weighted by molar-refractivity contribution is -0.117. The summed E-state index contributed by atoms with van der Waals surface area (Å²) in [4.78, 5) is 24.2. The largest absolute Gasteiger partial charge is 0.369 e. The topological polar surface area (TPSA) is 75.9 Å². The molecule has 74 valence electrons. The fourth-order valence-corrected chi connectivity index (χ4v) is 1.04.